The van der Waals surface area contributed by atoms with E-state index < -0.39 is 0 Å². The topological polar surface area (TPSA) is 18.8 Å². The second-order valence-electron chi connectivity index (χ2n) is 4.48. The highest BCUT2D eigenvalue weighted by molar-refractivity contribution is 5.84. The highest BCUT2D eigenvalue weighted by Gasteiger charge is 2.04. The predicted molar refractivity (Wildman–Crippen MR) is 71.5 cm³/mol. The molecule has 1 aromatic rings. The predicted octanol–water partition coefficient (Wildman–Crippen LogP) is 2.26. The van der Waals surface area contributed by atoms with Gasteiger partial charge >= 0.3 is 0 Å². The number of hydrogen-bond acceptors (Lipinski definition) is 3. The van der Waals surface area contributed by atoms with Crippen molar-refractivity contribution in [3.63, 3.8) is 0 Å². The summed E-state index contributed by atoms with van der Waals surface area (Å²) in [5, 5.41) is 6.09. The minimum Gasteiger partial charge on any atom is -0.378 e. The van der Waals surface area contributed by atoms with Crippen LogP contribution in [0.25, 0.3) is 0 Å². The van der Waals surface area contributed by atoms with Gasteiger partial charge in [0.15, 0.2) is 0 Å². The number of rotatable bonds is 3. The van der Waals surface area contributed by atoms with Crippen LogP contribution >= 0.6 is 0 Å². The quantitative estimate of drug-likeness (QED) is 0.573. The second kappa shape index (κ2) is 5.01. The molecular weight excluding hydrogens is 198 g/mol. The van der Waals surface area contributed by atoms with Crippen molar-refractivity contribution in [2.24, 2.45) is 5.10 Å². The molecule has 0 aromatic heterocycles. The van der Waals surface area contributed by atoms with Crippen molar-refractivity contribution in [1.29, 1.82) is 0 Å². The van der Waals surface area contributed by atoms with Crippen LogP contribution in [0.5, 0.6) is 0 Å². The Morgan fingerprint density at radius 3 is 1.88 bits per heavy atom. The summed E-state index contributed by atoms with van der Waals surface area (Å²) in [5.41, 5.74) is 4.96. The van der Waals surface area contributed by atoms with E-state index >= 15 is 0 Å². The Bertz CT molecular complexity index is 369. The molecule has 1 rings (SSSR count). The summed E-state index contributed by atoms with van der Waals surface area (Å²) in [6, 6.07) is 4.37. The molecule has 0 bridgehead atoms. The first-order valence-electron chi connectivity index (χ1n) is 5.41. The summed E-state index contributed by atoms with van der Waals surface area (Å²) in [7, 11) is 7.97. The number of nitrogens with zero attached hydrogens (tertiary/aromatic N) is 3. The number of aryl methyl sites for hydroxylation is 2. The highest BCUT2D eigenvalue weighted by Crippen LogP contribution is 2.20. The molecule has 0 N–H and O–H groups in total. The van der Waals surface area contributed by atoms with Crippen molar-refractivity contribution < 1.29 is 0 Å². The first kappa shape index (κ1) is 12.6. The molecule has 0 spiro atoms. The van der Waals surface area contributed by atoms with Crippen molar-refractivity contribution in [1.82, 2.24) is 5.01 Å². The van der Waals surface area contributed by atoms with Gasteiger partial charge in [-0.15, -0.1) is 0 Å². The zero-order valence-electron chi connectivity index (χ0n) is 11.1. The zero-order chi connectivity index (χ0) is 12.3. The third-order valence-electron chi connectivity index (χ3n) is 2.51. The fraction of sp³-hybridized carbons (Fsp3) is 0.462. The van der Waals surface area contributed by atoms with Gasteiger partial charge in [0.25, 0.3) is 0 Å². The van der Waals surface area contributed by atoms with Crippen LogP contribution in [-0.2, 0) is 0 Å². The third kappa shape index (κ3) is 2.99. The molecule has 0 saturated heterocycles. The van der Waals surface area contributed by atoms with Gasteiger partial charge < -0.3 is 9.91 Å². The first-order chi connectivity index (χ1) is 7.41. The molecule has 0 fully saturated rings. The molecule has 0 heterocycles. The van der Waals surface area contributed by atoms with Gasteiger partial charge in [0.05, 0.1) is 6.21 Å². The summed E-state index contributed by atoms with van der Waals surface area (Å²) in [6.07, 6.45) is 1.92. The standard InChI is InChI=1S/C13H21N3/c1-10-7-12(15(3)4)8-11(2)13(10)9-14-16(5)6/h7-9H,1-6H3. The number of hydrogen-bond donors (Lipinski definition) is 0. The van der Waals surface area contributed by atoms with Crippen LogP contribution in [0.2, 0.25) is 0 Å². The van der Waals surface area contributed by atoms with Gasteiger partial charge in [0, 0.05) is 39.4 Å². The van der Waals surface area contributed by atoms with Crippen molar-refractivity contribution >= 4 is 11.9 Å². The Balaban J connectivity index is 3.13. The van der Waals surface area contributed by atoms with Gasteiger partial charge in [0.1, 0.15) is 0 Å². The largest absolute Gasteiger partial charge is 0.378 e. The molecule has 0 amide bonds. The minimum atomic E-state index is 1.21. The molecule has 0 aliphatic heterocycles. The fourth-order valence-electron chi connectivity index (χ4n) is 1.59. The van der Waals surface area contributed by atoms with Crippen molar-refractivity contribution in [3.8, 4) is 0 Å². The lowest BCUT2D eigenvalue weighted by molar-refractivity contribution is 0.440. The van der Waals surface area contributed by atoms with E-state index in [1.807, 2.05) is 20.3 Å². The van der Waals surface area contributed by atoms with Crippen molar-refractivity contribution in [2.45, 2.75) is 13.8 Å². The SMILES string of the molecule is Cc1cc(N(C)C)cc(C)c1C=NN(C)C. The van der Waals surface area contributed by atoms with Crippen LogP contribution in [0.3, 0.4) is 0 Å². The van der Waals surface area contributed by atoms with Crippen LogP contribution in [0.4, 0.5) is 5.69 Å². The molecule has 0 aliphatic rings. The van der Waals surface area contributed by atoms with Crippen LogP contribution in [-0.4, -0.2) is 39.4 Å². The molecule has 0 atom stereocenters. The zero-order valence-corrected chi connectivity index (χ0v) is 11.1. The summed E-state index contributed by atoms with van der Waals surface area (Å²) in [4.78, 5) is 2.12. The Kier molecular flexibility index (Phi) is 3.93. The molecule has 0 saturated carbocycles. The molecule has 1 aromatic carbocycles. The maximum Gasteiger partial charge on any atom is 0.0548 e. The van der Waals surface area contributed by atoms with Gasteiger partial charge in [-0.05, 0) is 37.1 Å². The van der Waals surface area contributed by atoms with E-state index in [0.717, 1.165) is 0 Å². The first-order valence-corrected chi connectivity index (χ1v) is 5.41. The van der Waals surface area contributed by atoms with Gasteiger partial charge in [-0.1, -0.05) is 0 Å². The fourth-order valence-corrected chi connectivity index (χ4v) is 1.59. The Morgan fingerprint density at radius 2 is 1.50 bits per heavy atom. The maximum atomic E-state index is 4.29. The highest BCUT2D eigenvalue weighted by atomic mass is 15.4. The average molecular weight is 219 g/mol. The number of anilines is 1. The Morgan fingerprint density at radius 1 is 1.00 bits per heavy atom. The molecular formula is C13H21N3. The van der Waals surface area contributed by atoms with Crippen molar-refractivity contribution in [3.05, 3.63) is 28.8 Å². The lowest BCUT2D eigenvalue weighted by Crippen LogP contribution is -2.10. The van der Waals surface area contributed by atoms with E-state index in [-0.39, 0.29) is 0 Å². The minimum absolute atomic E-state index is 1.21. The molecule has 88 valence electrons. The summed E-state index contributed by atoms with van der Waals surface area (Å²) >= 11 is 0. The van der Waals surface area contributed by atoms with Gasteiger partial charge in [0.2, 0.25) is 0 Å². The monoisotopic (exact) mass is 219 g/mol. The van der Waals surface area contributed by atoms with E-state index in [1.165, 1.54) is 22.4 Å². The Hall–Kier alpha value is -1.51. The summed E-state index contributed by atoms with van der Waals surface area (Å²) < 4.78 is 0. The third-order valence-corrected chi connectivity index (χ3v) is 2.51. The number of benzene rings is 1. The van der Waals surface area contributed by atoms with Crippen LogP contribution < -0.4 is 4.90 Å². The number of hydrazone groups is 1. The lowest BCUT2D eigenvalue weighted by atomic mass is 10.0. The summed E-state index contributed by atoms with van der Waals surface area (Å²) in [5.74, 6) is 0. The molecule has 0 unspecified atom stereocenters. The van der Waals surface area contributed by atoms with Crippen LogP contribution in [0, 0.1) is 13.8 Å². The van der Waals surface area contributed by atoms with E-state index in [0.29, 0.717) is 0 Å². The van der Waals surface area contributed by atoms with E-state index in [9.17, 15) is 0 Å². The molecule has 16 heavy (non-hydrogen) atoms. The van der Waals surface area contributed by atoms with E-state index in [2.05, 4.69) is 50.1 Å². The van der Waals surface area contributed by atoms with Gasteiger partial charge in [-0.25, -0.2) is 0 Å². The van der Waals surface area contributed by atoms with Crippen molar-refractivity contribution in [2.75, 3.05) is 33.1 Å². The lowest BCUT2D eigenvalue weighted by Gasteiger charge is -2.16. The van der Waals surface area contributed by atoms with Crippen LogP contribution in [0.15, 0.2) is 17.2 Å². The normalized spacial score (nSPS) is 10.9. The maximum absolute atomic E-state index is 4.29. The molecule has 0 radical (unpaired) electrons. The van der Waals surface area contributed by atoms with E-state index in [4.69, 9.17) is 0 Å². The van der Waals surface area contributed by atoms with Crippen LogP contribution in [0.1, 0.15) is 16.7 Å². The molecule has 0 aliphatic carbocycles. The Labute approximate surface area is 98.4 Å². The smallest absolute Gasteiger partial charge is 0.0548 e. The van der Waals surface area contributed by atoms with Gasteiger partial charge in [-0.2, -0.15) is 5.10 Å². The van der Waals surface area contributed by atoms with Gasteiger partial charge in [-0.3, -0.25) is 0 Å². The van der Waals surface area contributed by atoms with E-state index in [1.54, 1.807) is 5.01 Å². The second-order valence-corrected chi connectivity index (χ2v) is 4.48. The molecule has 3 nitrogen and oxygen atoms in total. The average Bonchev–Trinajstić information content (AvgIpc) is 2.15. The molecule has 3 heteroatoms. The summed E-state index contributed by atoms with van der Waals surface area (Å²) in [6.45, 7) is 4.24.